The molecule has 6 heteroatoms. The monoisotopic (exact) mass is 617 g/mol. The summed E-state index contributed by atoms with van der Waals surface area (Å²) in [6.07, 6.45) is -0.256. The molecule has 6 nitrogen and oxygen atoms in total. The van der Waals surface area contributed by atoms with Gasteiger partial charge in [-0.2, -0.15) is 0 Å². The summed E-state index contributed by atoms with van der Waals surface area (Å²) in [5, 5.41) is 6.77. The minimum atomic E-state index is -0.256. The van der Waals surface area contributed by atoms with Crippen LogP contribution < -0.4 is 5.32 Å². The number of nitrogens with one attached hydrogen (secondary N) is 1. The van der Waals surface area contributed by atoms with Crippen LogP contribution in [0.1, 0.15) is 22.9 Å². The van der Waals surface area contributed by atoms with E-state index >= 15 is 0 Å². The maximum Gasteiger partial charge on any atom is 0.160 e. The summed E-state index contributed by atoms with van der Waals surface area (Å²) < 4.78 is 8.88. The van der Waals surface area contributed by atoms with Crippen LogP contribution >= 0.6 is 0 Å². The third-order valence-corrected chi connectivity index (χ3v) is 9.22. The molecule has 1 unspecified atom stereocenters. The van der Waals surface area contributed by atoms with Crippen molar-refractivity contribution in [2.45, 2.75) is 6.17 Å². The van der Waals surface area contributed by atoms with E-state index in [1.807, 2.05) is 42.5 Å². The zero-order chi connectivity index (χ0) is 31.6. The summed E-state index contributed by atoms with van der Waals surface area (Å²) >= 11 is 0. The number of pyridine rings is 1. The SMILES string of the molecule is c1ccc(C2=NC(c3ccccc3)NC(c3cccc(-c4ccc5oc6c7ccccc7c7nc8ccccc8n7c6c5c4)c3)=N2)cc1. The lowest BCUT2D eigenvalue weighted by Gasteiger charge is -2.24. The normalized spacial score (nSPS) is 14.9. The van der Waals surface area contributed by atoms with Crippen LogP contribution in [0.2, 0.25) is 0 Å². The number of benzene rings is 6. The zero-order valence-electron chi connectivity index (χ0n) is 25.7. The molecule has 9 aromatic rings. The Hall–Kier alpha value is -6.53. The topological polar surface area (TPSA) is 67.2 Å². The molecule has 0 aliphatic carbocycles. The number of furan rings is 1. The first kappa shape index (κ1) is 26.7. The van der Waals surface area contributed by atoms with Crippen molar-refractivity contribution in [3.8, 4) is 11.1 Å². The first-order valence-corrected chi connectivity index (χ1v) is 16.1. The van der Waals surface area contributed by atoms with Gasteiger partial charge >= 0.3 is 0 Å². The molecule has 0 bridgehead atoms. The molecule has 6 aromatic carbocycles. The highest BCUT2D eigenvalue weighted by molar-refractivity contribution is 6.19. The Morgan fingerprint density at radius 2 is 1.29 bits per heavy atom. The molecule has 0 saturated heterocycles. The predicted octanol–water partition coefficient (Wildman–Crippen LogP) is 9.70. The van der Waals surface area contributed by atoms with Crippen molar-refractivity contribution in [1.82, 2.24) is 14.7 Å². The molecule has 0 saturated carbocycles. The molecule has 4 heterocycles. The second-order valence-corrected chi connectivity index (χ2v) is 12.1. The molecule has 1 aliphatic rings. The van der Waals surface area contributed by atoms with E-state index in [1.165, 1.54) is 0 Å². The van der Waals surface area contributed by atoms with E-state index in [0.717, 1.165) is 83.2 Å². The average Bonchev–Trinajstić information content (AvgIpc) is 3.74. The number of aliphatic imine (C=N–C) groups is 2. The van der Waals surface area contributed by atoms with Crippen LogP contribution in [0.25, 0.3) is 60.6 Å². The molecule has 226 valence electrons. The Kier molecular flexibility index (Phi) is 5.84. The Bertz CT molecular complexity index is 2760. The molecule has 0 amide bonds. The largest absolute Gasteiger partial charge is 0.454 e. The standard InChI is InChI=1S/C42H27N5O/c1-3-12-26(13-4-1)39-44-40(27-14-5-2-6-15-27)46-41(45-39)30-17-11-16-28(24-30)29-22-23-36-33(25-29)37-38(48-36)31-18-7-8-19-32(31)42-43-34-20-9-10-21-35(34)47(37)42/h1-25,39H,(H,44,45,46). The van der Waals surface area contributed by atoms with Gasteiger partial charge in [0.15, 0.2) is 11.4 Å². The highest BCUT2D eigenvalue weighted by Gasteiger charge is 2.22. The van der Waals surface area contributed by atoms with Crippen LogP contribution in [-0.4, -0.2) is 21.1 Å². The molecule has 48 heavy (non-hydrogen) atoms. The maximum absolute atomic E-state index is 6.62. The molecular weight excluding hydrogens is 590 g/mol. The third kappa shape index (κ3) is 4.16. The smallest absolute Gasteiger partial charge is 0.160 e. The Labute approximate surface area is 275 Å². The van der Waals surface area contributed by atoms with Gasteiger partial charge < -0.3 is 9.73 Å². The quantitative estimate of drug-likeness (QED) is 0.214. The van der Waals surface area contributed by atoms with Gasteiger partial charge in [0.25, 0.3) is 0 Å². The van der Waals surface area contributed by atoms with Crippen LogP contribution in [0.15, 0.2) is 166 Å². The molecule has 1 N–H and O–H groups in total. The highest BCUT2D eigenvalue weighted by Crippen LogP contribution is 2.39. The summed E-state index contributed by atoms with van der Waals surface area (Å²) in [7, 11) is 0. The van der Waals surface area contributed by atoms with E-state index in [2.05, 4.69) is 119 Å². The van der Waals surface area contributed by atoms with Crippen LogP contribution in [-0.2, 0) is 0 Å². The maximum atomic E-state index is 6.62. The summed E-state index contributed by atoms with van der Waals surface area (Å²) in [6, 6.07) is 52.1. The lowest BCUT2D eigenvalue weighted by Crippen LogP contribution is -2.33. The molecule has 1 aliphatic heterocycles. The number of amidine groups is 2. The minimum absolute atomic E-state index is 0.256. The van der Waals surface area contributed by atoms with E-state index in [-0.39, 0.29) is 6.17 Å². The third-order valence-electron chi connectivity index (χ3n) is 9.22. The van der Waals surface area contributed by atoms with Crippen LogP contribution in [0.3, 0.4) is 0 Å². The van der Waals surface area contributed by atoms with Gasteiger partial charge in [-0.3, -0.25) is 4.40 Å². The van der Waals surface area contributed by atoms with Crippen molar-refractivity contribution in [1.29, 1.82) is 0 Å². The van der Waals surface area contributed by atoms with Gasteiger partial charge in [-0.25, -0.2) is 15.0 Å². The molecule has 1 atom stereocenters. The van der Waals surface area contributed by atoms with E-state index in [9.17, 15) is 0 Å². The minimum Gasteiger partial charge on any atom is -0.454 e. The molecule has 10 rings (SSSR count). The lowest BCUT2D eigenvalue weighted by molar-refractivity contribution is 0.672. The predicted molar refractivity (Wildman–Crippen MR) is 195 cm³/mol. The van der Waals surface area contributed by atoms with Crippen LogP contribution in [0.5, 0.6) is 0 Å². The number of aromatic nitrogens is 2. The van der Waals surface area contributed by atoms with Crippen LogP contribution in [0, 0.1) is 0 Å². The Morgan fingerprint density at radius 3 is 2.17 bits per heavy atom. The first-order valence-electron chi connectivity index (χ1n) is 16.1. The fraction of sp³-hybridized carbons (Fsp3) is 0.0238. The van der Waals surface area contributed by atoms with Gasteiger partial charge in [-0.05, 0) is 47.0 Å². The summed E-state index contributed by atoms with van der Waals surface area (Å²) in [4.78, 5) is 15.1. The number of rotatable bonds is 4. The van der Waals surface area contributed by atoms with Gasteiger partial charge in [-0.1, -0.05) is 121 Å². The lowest BCUT2D eigenvalue weighted by atomic mass is 10.0. The summed E-state index contributed by atoms with van der Waals surface area (Å²) in [6.45, 7) is 0. The first-order chi connectivity index (χ1) is 23.8. The van der Waals surface area contributed by atoms with E-state index in [0.29, 0.717) is 5.84 Å². The van der Waals surface area contributed by atoms with Gasteiger partial charge in [0.1, 0.15) is 28.7 Å². The van der Waals surface area contributed by atoms with Crippen molar-refractivity contribution in [3.05, 3.63) is 168 Å². The Balaban J connectivity index is 1.14. The number of para-hydroxylation sites is 2. The van der Waals surface area contributed by atoms with E-state index in [1.54, 1.807) is 0 Å². The number of imidazole rings is 1. The van der Waals surface area contributed by atoms with Crippen molar-refractivity contribution in [2.75, 3.05) is 0 Å². The second-order valence-electron chi connectivity index (χ2n) is 12.1. The van der Waals surface area contributed by atoms with Gasteiger partial charge in [-0.15, -0.1) is 0 Å². The molecule has 0 radical (unpaired) electrons. The fourth-order valence-electron chi connectivity index (χ4n) is 6.94. The van der Waals surface area contributed by atoms with E-state index < -0.39 is 0 Å². The van der Waals surface area contributed by atoms with Crippen molar-refractivity contribution in [3.63, 3.8) is 0 Å². The number of nitrogens with zero attached hydrogens (tertiary/aromatic N) is 4. The van der Waals surface area contributed by atoms with Crippen molar-refractivity contribution >= 4 is 61.2 Å². The van der Waals surface area contributed by atoms with Gasteiger partial charge in [0.05, 0.1) is 11.0 Å². The summed E-state index contributed by atoms with van der Waals surface area (Å²) in [5.74, 6) is 1.49. The second kappa shape index (κ2) is 10.5. The number of fused-ring (bicyclic) bond motifs is 10. The number of hydrogen-bond donors (Lipinski definition) is 1. The van der Waals surface area contributed by atoms with Crippen molar-refractivity contribution in [2.24, 2.45) is 9.98 Å². The van der Waals surface area contributed by atoms with E-state index in [4.69, 9.17) is 19.4 Å². The fourth-order valence-corrected chi connectivity index (χ4v) is 6.94. The summed E-state index contributed by atoms with van der Waals surface area (Å²) in [5.41, 5.74) is 10.9. The Morgan fingerprint density at radius 1 is 0.583 bits per heavy atom. The van der Waals surface area contributed by atoms with Crippen LogP contribution in [0.4, 0.5) is 0 Å². The van der Waals surface area contributed by atoms with Gasteiger partial charge in [0.2, 0.25) is 0 Å². The highest BCUT2D eigenvalue weighted by atomic mass is 16.3. The van der Waals surface area contributed by atoms with Gasteiger partial charge in [0, 0.05) is 27.3 Å². The molecule has 3 aromatic heterocycles. The number of hydrogen-bond acceptors (Lipinski definition) is 5. The van der Waals surface area contributed by atoms with Crippen molar-refractivity contribution < 1.29 is 4.42 Å². The zero-order valence-corrected chi connectivity index (χ0v) is 25.7. The molecule has 0 fully saturated rings. The average molecular weight is 618 g/mol. The molecule has 0 spiro atoms. The molecular formula is C42H27N5O.